The van der Waals surface area contributed by atoms with E-state index in [0.717, 1.165) is 32.0 Å². The summed E-state index contributed by atoms with van der Waals surface area (Å²) in [5, 5.41) is 6.44. The maximum atomic E-state index is 13.6. The number of hydrogen-bond acceptors (Lipinski definition) is 3. The number of aliphatic imine (C=N–C) groups is 1. The summed E-state index contributed by atoms with van der Waals surface area (Å²) in [5.41, 5.74) is 0.716. The molecule has 25 heavy (non-hydrogen) atoms. The quantitative estimate of drug-likeness (QED) is 0.255. The molecule has 0 saturated carbocycles. The molecular formula is C18H29FIN3O2. The molecule has 1 unspecified atom stereocenters. The Kier molecular flexibility index (Phi) is 11.8. The fourth-order valence-corrected chi connectivity index (χ4v) is 2.51. The first-order valence-electron chi connectivity index (χ1n) is 8.74. The van der Waals surface area contributed by atoms with E-state index in [4.69, 9.17) is 9.47 Å². The van der Waals surface area contributed by atoms with Crippen molar-refractivity contribution < 1.29 is 13.9 Å². The van der Waals surface area contributed by atoms with E-state index in [9.17, 15) is 4.39 Å². The molecule has 142 valence electrons. The number of ether oxygens (including phenoxy) is 2. The van der Waals surface area contributed by atoms with Crippen molar-refractivity contribution in [2.75, 3.05) is 39.5 Å². The zero-order valence-corrected chi connectivity index (χ0v) is 17.1. The van der Waals surface area contributed by atoms with Gasteiger partial charge in [0.2, 0.25) is 0 Å². The van der Waals surface area contributed by atoms with Crippen LogP contribution in [0.2, 0.25) is 0 Å². The molecule has 0 spiro atoms. The lowest BCUT2D eigenvalue weighted by molar-refractivity contribution is 0.0424. The van der Waals surface area contributed by atoms with E-state index in [1.54, 1.807) is 6.07 Å². The smallest absolute Gasteiger partial charge is 0.191 e. The lowest BCUT2D eigenvalue weighted by Gasteiger charge is -2.12. The van der Waals surface area contributed by atoms with Crippen LogP contribution in [-0.2, 0) is 15.9 Å². The Bertz CT molecular complexity index is 511. The highest BCUT2D eigenvalue weighted by Gasteiger charge is 2.15. The van der Waals surface area contributed by atoms with Gasteiger partial charge in [-0.05, 0) is 37.8 Å². The van der Waals surface area contributed by atoms with Crippen LogP contribution in [0.4, 0.5) is 4.39 Å². The second kappa shape index (κ2) is 13.3. The molecule has 0 aromatic heterocycles. The topological polar surface area (TPSA) is 54.9 Å². The number of rotatable bonds is 9. The summed E-state index contributed by atoms with van der Waals surface area (Å²) < 4.78 is 24.6. The predicted octanol–water partition coefficient (Wildman–Crippen LogP) is 2.74. The summed E-state index contributed by atoms with van der Waals surface area (Å²) in [6, 6.07) is 6.86. The first-order chi connectivity index (χ1) is 11.8. The van der Waals surface area contributed by atoms with Gasteiger partial charge in [0.15, 0.2) is 5.96 Å². The van der Waals surface area contributed by atoms with Gasteiger partial charge in [-0.25, -0.2) is 4.39 Å². The van der Waals surface area contributed by atoms with Gasteiger partial charge in [0.1, 0.15) is 5.82 Å². The second-order valence-electron chi connectivity index (χ2n) is 5.74. The van der Waals surface area contributed by atoms with Crippen molar-refractivity contribution in [3.05, 3.63) is 35.6 Å². The largest absolute Gasteiger partial charge is 0.379 e. The number of guanidine groups is 1. The summed E-state index contributed by atoms with van der Waals surface area (Å²) in [7, 11) is 0. The number of hydrogen-bond donors (Lipinski definition) is 2. The number of halogens is 2. The zero-order chi connectivity index (χ0) is 17.0. The summed E-state index contributed by atoms with van der Waals surface area (Å²) >= 11 is 0. The number of nitrogens with one attached hydrogen (secondary N) is 2. The first kappa shape index (κ1) is 22.1. The van der Waals surface area contributed by atoms with Crippen LogP contribution >= 0.6 is 24.0 Å². The minimum atomic E-state index is -0.158. The van der Waals surface area contributed by atoms with Crippen molar-refractivity contribution in [3.63, 3.8) is 0 Å². The third kappa shape index (κ3) is 8.82. The summed E-state index contributed by atoms with van der Waals surface area (Å²) in [4.78, 5) is 4.52. The molecule has 5 nitrogen and oxygen atoms in total. The van der Waals surface area contributed by atoms with Crippen LogP contribution in [0.15, 0.2) is 29.3 Å². The Morgan fingerprint density at radius 3 is 2.92 bits per heavy atom. The maximum Gasteiger partial charge on any atom is 0.191 e. The number of nitrogens with zero attached hydrogens (tertiary/aromatic N) is 1. The van der Waals surface area contributed by atoms with Gasteiger partial charge in [0.25, 0.3) is 0 Å². The van der Waals surface area contributed by atoms with Crippen molar-refractivity contribution in [2.45, 2.75) is 32.3 Å². The molecule has 1 fully saturated rings. The molecule has 1 aromatic rings. The van der Waals surface area contributed by atoms with E-state index in [0.29, 0.717) is 38.3 Å². The Hall–Kier alpha value is -0.930. The van der Waals surface area contributed by atoms with E-state index in [-0.39, 0.29) is 35.9 Å². The Morgan fingerprint density at radius 2 is 2.20 bits per heavy atom. The molecule has 0 bridgehead atoms. The molecule has 1 aliphatic heterocycles. The molecule has 7 heteroatoms. The van der Waals surface area contributed by atoms with Crippen molar-refractivity contribution in [2.24, 2.45) is 4.99 Å². The van der Waals surface area contributed by atoms with E-state index in [1.807, 2.05) is 19.1 Å². The van der Waals surface area contributed by atoms with Gasteiger partial charge in [-0.2, -0.15) is 0 Å². The van der Waals surface area contributed by atoms with Crippen LogP contribution in [0.5, 0.6) is 0 Å². The molecule has 0 amide bonds. The average molecular weight is 465 g/mol. The average Bonchev–Trinajstić information content (AvgIpc) is 3.09. The fourth-order valence-electron chi connectivity index (χ4n) is 2.51. The lowest BCUT2D eigenvalue weighted by atomic mass is 10.1. The van der Waals surface area contributed by atoms with Gasteiger partial charge < -0.3 is 20.1 Å². The normalized spacial score (nSPS) is 17.2. The van der Waals surface area contributed by atoms with E-state index in [1.165, 1.54) is 6.07 Å². The standard InChI is InChI=1S/C18H28FN3O2.HI/c1-2-20-18(21-10-5-12-24-16-9-13-23-14-16)22-11-8-15-6-3-4-7-17(15)19;/h3-4,6-7,16H,2,5,8-14H2,1H3,(H2,20,21,22);1H. The van der Waals surface area contributed by atoms with Gasteiger partial charge in [0, 0.05) is 32.8 Å². The molecule has 2 rings (SSSR count). The third-order valence-corrected chi connectivity index (χ3v) is 3.80. The van der Waals surface area contributed by atoms with E-state index >= 15 is 0 Å². The highest BCUT2D eigenvalue weighted by atomic mass is 127. The van der Waals surface area contributed by atoms with Crippen molar-refractivity contribution in [3.8, 4) is 0 Å². The van der Waals surface area contributed by atoms with E-state index in [2.05, 4.69) is 15.6 Å². The molecule has 1 atom stereocenters. The van der Waals surface area contributed by atoms with Crippen LogP contribution < -0.4 is 10.6 Å². The minimum absolute atomic E-state index is 0. The zero-order valence-electron chi connectivity index (χ0n) is 14.8. The molecule has 0 aliphatic carbocycles. The van der Waals surface area contributed by atoms with Gasteiger partial charge in [-0.1, -0.05) is 18.2 Å². The lowest BCUT2D eigenvalue weighted by Crippen LogP contribution is -2.38. The van der Waals surface area contributed by atoms with Crippen LogP contribution in [0.3, 0.4) is 0 Å². The fraction of sp³-hybridized carbons (Fsp3) is 0.611. The van der Waals surface area contributed by atoms with Crippen LogP contribution in [0.1, 0.15) is 25.3 Å². The first-order valence-corrected chi connectivity index (χ1v) is 8.74. The maximum absolute atomic E-state index is 13.6. The van der Waals surface area contributed by atoms with Crippen LogP contribution in [-0.4, -0.2) is 51.5 Å². The summed E-state index contributed by atoms with van der Waals surface area (Å²) in [5.74, 6) is 0.604. The Labute approximate surface area is 166 Å². The van der Waals surface area contributed by atoms with Gasteiger partial charge in [-0.3, -0.25) is 4.99 Å². The van der Waals surface area contributed by atoms with Crippen molar-refractivity contribution in [1.82, 2.24) is 10.6 Å². The highest BCUT2D eigenvalue weighted by molar-refractivity contribution is 14.0. The second-order valence-corrected chi connectivity index (χ2v) is 5.74. The van der Waals surface area contributed by atoms with Gasteiger partial charge in [-0.15, -0.1) is 24.0 Å². The SMILES string of the molecule is CCNC(=NCCCOC1CCOC1)NCCc1ccccc1F.I. The molecule has 1 saturated heterocycles. The van der Waals surface area contributed by atoms with Crippen molar-refractivity contribution >= 4 is 29.9 Å². The third-order valence-electron chi connectivity index (χ3n) is 3.80. The minimum Gasteiger partial charge on any atom is -0.379 e. The highest BCUT2D eigenvalue weighted by Crippen LogP contribution is 2.08. The van der Waals surface area contributed by atoms with Gasteiger partial charge >= 0.3 is 0 Å². The molecule has 1 heterocycles. The molecule has 0 radical (unpaired) electrons. The number of benzene rings is 1. The molecular weight excluding hydrogens is 436 g/mol. The summed E-state index contributed by atoms with van der Waals surface area (Å²) in [6.45, 7) is 6.37. The summed E-state index contributed by atoms with van der Waals surface area (Å²) in [6.07, 6.45) is 2.74. The predicted molar refractivity (Wildman–Crippen MR) is 109 cm³/mol. The molecule has 1 aromatic carbocycles. The Morgan fingerprint density at radius 1 is 1.36 bits per heavy atom. The monoisotopic (exact) mass is 465 g/mol. The van der Waals surface area contributed by atoms with Crippen LogP contribution in [0, 0.1) is 5.82 Å². The molecule has 1 aliphatic rings. The molecule has 2 N–H and O–H groups in total. The Balaban J connectivity index is 0.00000312. The van der Waals surface area contributed by atoms with Gasteiger partial charge in [0.05, 0.1) is 12.7 Å². The van der Waals surface area contributed by atoms with Crippen LogP contribution in [0.25, 0.3) is 0 Å². The van der Waals surface area contributed by atoms with Crippen molar-refractivity contribution in [1.29, 1.82) is 0 Å². The van der Waals surface area contributed by atoms with E-state index < -0.39 is 0 Å².